The van der Waals surface area contributed by atoms with Crippen LogP contribution in [0.15, 0.2) is 17.2 Å². The summed E-state index contributed by atoms with van der Waals surface area (Å²) in [4.78, 5) is 13.3. The van der Waals surface area contributed by atoms with E-state index in [-0.39, 0.29) is 11.4 Å². The summed E-state index contributed by atoms with van der Waals surface area (Å²) >= 11 is 6.41. The number of hydrogen-bond donors (Lipinski definition) is 1. The highest BCUT2D eigenvalue weighted by molar-refractivity contribution is 6.33. The van der Waals surface area contributed by atoms with Crippen molar-refractivity contribution in [2.75, 3.05) is 11.4 Å². The van der Waals surface area contributed by atoms with Crippen LogP contribution >= 0.6 is 11.6 Å². The molecule has 5 heteroatoms. The number of nitrogens with one attached hydrogen (secondary N) is 1. The summed E-state index contributed by atoms with van der Waals surface area (Å²) in [7, 11) is 0. The largest absolute Gasteiger partial charge is 0.366 e. The van der Waals surface area contributed by atoms with Gasteiger partial charge < -0.3 is 4.90 Å². The fourth-order valence-electron chi connectivity index (χ4n) is 3.41. The molecule has 1 aliphatic rings. The van der Waals surface area contributed by atoms with E-state index in [9.17, 15) is 4.79 Å². The number of hydrogen-bond acceptors (Lipinski definition) is 3. The van der Waals surface area contributed by atoms with Gasteiger partial charge in [-0.25, -0.2) is 5.43 Å². The Morgan fingerprint density at radius 3 is 2.82 bits per heavy atom. The number of amides is 1. The van der Waals surface area contributed by atoms with E-state index in [1.807, 2.05) is 6.07 Å². The van der Waals surface area contributed by atoms with E-state index in [0.29, 0.717) is 10.9 Å². The summed E-state index contributed by atoms with van der Waals surface area (Å²) in [6.45, 7) is 11.3. The van der Waals surface area contributed by atoms with Gasteiger partial charge in [-0.3, -0.25) is 4.79 Å². The van der Waals surface area contributed by atoms with Crippen molar-refractivity contribution in [3.05, 3.63) is 28.3 Å². The summed E-state index contributed by atoms with van der Waals surface area (Å²) in [5, 5.41) is 4.57. The smallest absolute Gasteiger partial charge is 0.236 e. The Morgan fingerprint density at radius 1 is 1.55 bits per heavy atom. The van der Waals surface area contributed by atoms with Gasteiger partial charge in [-0.15, -0.1) is 0 Å². The van der Waals surface area contributed by atoms with Gasteiger partial charge >= 0.3 is 0 Å². The molecule has 0 saturated heterocycles. The van der Waals surface area contributed by atoms with Gasteiger partial charge in [-0.1, -0.05) is 18.5 Å². The van der Waals surface area contributed by atoms with E-state index in [1.165, 1.54) is 18.2 Å². The number of halogens is 1. The quantitative estimate of drug-likeness (QED) is 0.677. The molecule has 2 rings (SSSR count). The van der Waals surface area contributed by atoms with Crippen LogP contribution in [0.5, 0.6) is 0 Å². The number of carbonyl (C=O) groups excluding carboxylic acids is 1. The molecule has 0 aliphatic carbocycles. The lowest BCUT2D eigenvalue weighted by Gasteiger charge is -2.47. The lowest BCUT2D eigenvalue weighted by Crippen LogP contribution is -2.48. The van der Waals surface area contributed by atoms with Crippen molar-refractivity contribution in [3.63, 3.8) is 0 Å². The average molecular weight is 322 g/mol. The molecule has 0 aromatic heterocycles. The molecular weight excluding hydrogens is 298 g/mol. The first kappa shape index (κ1) is 16.8. The van der Waals surface area contributed by atoms with Crippen molar-refractivity contribution in [3.8, 4) is 0 Å². The molecule has 22 heavy (non-hydrogen) atoms. The topological polar surface area (TPSA) is 44.7 Å². The molecule has 1 N–H and O–H groups in total. The average Bonchev–Trinajstić information content (AvgIpc) is 2.39. The van der Waals surface area contributed by atoms with E-state index in [1.54, 1.807) is 6.21 Å². The maximum Gasteiger partial charge on any atom is 0.236 e. The third kappa shape index (κ3) is 3.27. The van der Waals surface area contributed by atoms with E-state index in [2.05, 4.69) is 49.2 Å². The number of hydrazone groups is 1. The summed E-state index contributed by atoms with van der Waals surface area (Å²) in [6.07, 6.45) is 2.70. The molecule has 1 aliphatic heterocycles. The Kier molecular flexibility index (Phi) is 4.81. The highest BCUT2D eigenvalue weighted by Crippen LogP contribution is 2.44. The molecule has 0 spiro atoms. The predicted molar refractivity (Wildman–Crippen MR) is 93.0 cm³/mol. The van der Waals surface area contributed by atoms with Gasteiger partial charge in [0.1, 0.15) is 0 Å². The van der Waals surface area contributed by atoms with E-state index in [4.69, 9.17) is 11.6 Å². The molecule has 0 bridgehead atoms. The lowest BCUT2D eigenvalue weighted by molar-refractivity contribution is -0.118. The highest BCUT2D eigenvalue weighted by Gasteiger charge is 2.35. The third-order valence-electron chi connectivity index (χ3n) is 4.25. The molecule has 1 aromatic rings. The molecule has 1 heterocycles. The molecule has 0 fully saturated rings. The number of nitrogens with zero attached hydrogens (tertiary/aromatic N) is 2. The van der Waals surface area contributed by atoms with Crippen molar-refractivity contribution in [2.24, 2.45) is 5.10 Å². The molecule has 1 aromatic carbocycles. The summed E-state index contributed by atoms with van der Waals surface area (Å²) in [6, 6.07) is 4.11. The molecule has 1 unspecified atom stereocenters. The second-order valence-electron chi connectivity index (χ2n) is 6.52. The standard InChI is InChI=1S/C17H24ClN3O/c1-6-21-16-8-15(18)13(10-19-20-12(3)22)7-14(16)11(2)9-17(21,4)5/h7-8,10-11H,6,9H2,1-5H3,(H,20,22)/b19-10-. The first-order valence-corrected chi connectivity index (χ1v) is 8.04. The number of fused-ring (bicyclic) bond motifs is 1. The van der Waals surface area contributed by atoms with Crippen LogP contribution in [-0.2, 0) is 4.79 Å². The highest BCUT2D eigenvalue weighted by atomic mass is 35.5. The maximum absolute atomic E-state index is 10.9. The van der Waals surface area contributed by atoms with E-state index >= 15 is 0 Å². The summed E-state index contributed by atoms with van der Waals surface area (Å²) < 4.78 is 0. The Bertz CT molecular complexity index is 610. The molecule has 0 saturated carbocycles. The normalized spacial score (nSPS) is 20.1. The first-order chi connectivity index (χ1) is 10.3. The second-order valence-corrected chi connectivity index (χ2v) is 6.93. The molecular formula is C17H24ClN3O. The van der Waals surface area contributed by atoms with Gasteiger partial charge in [0.2, 0.25) is 5.91 Å². The van der Waals surface area contributed by atoms with Crippen LogP contribution in [0.1, 0.15) is 58.1 Å². The van der Waals surface area contributed by atoms with Gasteiger partial charge in [-0.05, 0) is 50.8 Å². The zero-order valence-electron chi connectivity index (χ0n) is 13.9. The molecule has 4 nitrogen and oxygen atoms in total. The number of benzene rings is 1. The summed E-state index contributed by atoms with van der Waals surface area (Å²) in [5.74, 6) is 0.260. The van der Waals surface area contributed by atoms with Crippen molar-refractivity contribution >= 4 is 29.4 Å². The zero-order valence-corrected chi connectivity index (χ0v) is 14.7. The Hall–Kier alpha value is -1.55. The van der Waals surface area contributed by atoms with Gasteiger partial charge in [-0.2, -0.15) is 5.10 Å². The first-order valence-electron chi connectivity index (χ1n) is 7.67. The summed E-state index contributed by atoms with van der Waals surface area (Å²) in [5.41, 5.74) is 5.85. The Labute approximate surface area is 137 Å². The number of carbonyl (C=O) groups is 1. The van der Waals surface area contributed by atoms with Crippen LogP contribution in [-0.4, -0.2) is 24.2 Å². The zero-order chi connectivity index (χ0) is 16.5. The van der Waals surface area contributed by atoms with Crippen LogP contribution < -0.4 is 10.3 Å². The van der Waals surface area contributed by atoms with Crippen LogP contribution in [0.25, 0.3) is 0 Å². The molecule has 120 valence electrons. The second kappa shape index (κ2) is 6.29. The van der Waals surface area contributed by atoms with E-state index in [0.717, 1.165) is 18.5 Å². The van der Waals surface area contributed by atoms with Gasteiger partial charge in [0.15, 0.2) is 0 Å². The molecule has 0 radical (unpaired) electrons. The fourth-order valence-corrected chi connectivity index (χ4v) is 3.62. The van der Waals surface area contributed by atoms with Crippen LogP contribution in [0, 0.1) is 0 Å². The van der Waals surface area contributed by atoms with Gasteiger partial charge in [0.25, 0.3) is 0 Å². The van der Waals surface area contributed by atoms with Crippen molar-refractivity contribution in [2.45, 2.75) is 52.5 Å². The monoisotopic (exact) mass is 321 g/mol. The van der Waals surface area contributed by atoms with Gasteiger partial charge in [0, 0.05) is 30.3 Å². The Morgan fingerprint density at radius 2 is 2.23 bits per heavy atom. The molecule has 1 atom stereocenters. The van der Waals surface area contributed by atoms with Crippen LogP contribution in [0.4, 0.5) is 5.69 Å². The minimum absolute atomic E-state index is 0.121. The van der Waals surface area contributed by atoms with Crippen LogP contribution in [0.2, 0.25) is 5.02 Å². The number of rotatable bonds is 3. The van der Waals surface area contributed by atoms with Crippen molar-refractivity contribution in [1.29, 1.82) is 0 Å². The van der Waals surface area contributed by atoms with E-state index < -0.39 is 0 Å². The predicted octanol–water partition coefficient (Wildman–Crippen LogP) is 3.92. The van der Waals surface area contributed by atoms with Gasteiger partial charge in [0.05, 0.1) is 11.2 Å². The number of anilines is 1. The van der Waals surface area contributed by atoms with Crippen molar-refractivity contribution < 1.29 is 4.79 Å². The minimum atomic E-state index is -0.197. The van der Waals surface area contributed by atoms with Crippen LogP contribution in [0.3, 0.4) is 0 Å². The minimum Gasteiger partial charge on any atom is -0.366 e. The lowest BCUT2D eigenvalue weighted by atomic mass is 9.79. The molecule has 1 amide bonds. The van der Waals surface area contributed by atoms with Crippen molar-refractivity contribution in [1.82, 2.24) is 5.43 Å². The maximum atomic E-state index is 10.9. The fraction of sp³-hybridized carbons (Fsp3) is 0.529. The Balaban J connectivity index is 2.44. The third-order valence-corrected chi connectivity index (χ3v) is 4.57. The SMILES string of the molecule is CCN1c2cc(Cl)c(/C=N\NC(C)=O)cc2C(C)CC1(C)C.